The van der Waals surface area contributed by atoms with E-state index < -0.39 is 0 Å². The number of hydrogen-bond acceptors (Lipinski definition) is 7. The van der Waals surface area contributed by atoms with Gasteiger partial charge in [-0.25, -0.2) is 9.97 Å². The van der Waals surface area contributed by atoms with Crippen molar-refractivity contribution in [3.05, 3.63) is 30.2 Å². The molecule has 0 bridgehead atoms. The van der Waals surface area contributed by atoms with E-state index in [4.69, 9.17) is 4.42 Å². The van der Waals surface area contributed by atoms with Crippen LogP contribution in [0.15, 0.2) is 23.0 Å². The van der Waals surface area contributed by atoms with E-state index in [0.29, 0.717) is 25.0 Å². The minimum Gasteiger partial charge on any atom is -0.407 e. The summed E-state index contributed by atoms with van der Waals surface area (Å²) in [7, 11) is 1.82. The molecular weight excluding hydrogens is 208 g/mol. The topological polar surface area (TPSA) is 88.8 Å². The van der Waals surface area contributed by atoms with Crippen LogP contribution in [0.2, 0.25) is 0 Å². The standard InChI is InChI=1S/C9H12N6O/c1-10-5-8-14-15-9(16-8)12-4-7-2-3-11-6-13-7/h2-3,6,10H,4-5H2,1H3,(H,12,15). The van der Waals surface area contributed by atoms with Crippen LogP contribution < -0.4 is 10.6 Å². The molecule has 0 amide bonds. The van der Waals surface area contributed by atoms with Crippen molar-refractivity contribution in [2.45, 2.75) is 13.1 Å². The van der Waals surface area contributed by atoms with Gasteiger partial charge in [0, 0.05) is 6.20 Å². The molecule has 2 rings (SSSR count). The first-order valence-electron chi connectivity index (χ1n) is 4.84. The molecule has 0 aliphatic heterocycles. The molecule has 0 fully saturated rings. The number of nitrogens with zero attached hydrogens (tertiary/aromatic N) is 4. The fourth-order valence-electron chi connectivity index (χ4n) is 1.14. The second kappa shape index (κ2) is 5.17. The molecule has 0 spiro atoms. The molecule has 2 aromatic heterocycles. The second-order valence-corrected chi connectivity index (χ2v) is 3.09. The van der Waals surface area contributed by atoms with Crippen LogP contribution in [-0.4, -0.2) is 27.2 Å². The Morgan fingerprint density at radius 1 is 1.31 bits per heavy atom. The molecule has 0 saturated carbocycles. The van der Waals surface area contributed by atoms with E-state index in [9.17, 15) is 0 Å². The molecule has 84 valence electrons. The van der Waals surface area contributed by atoms with Crippen LogP contribution in [0.25, 0.3) is 0 Å². The highest BCUT2D eigenvalue weighted by atomic mass is 16.4. The van der Waals surface area contributed by atoms with Crippen LogP contribution in [0, 0.1) is 0 Å². The number of nitrogens with one attached hydrogen (secondary N) is 2. The number of aromatic nitrogens is 4. The summed E-state index contributed by atoms with van der Waals surface area (Å²) in [4.78, 5) is 7.89. The van der Waals surface area contributed by atoms with Crippen LogP contribution in [0.4, 0.5) is 6.01 Å². The summed E-state index contributed by atoms with van der Waals surface area (Å²) in [6, 6.07) is 2.21. The molecule has 0 aliphatic carbocycles. The van der Waals surface area contributed by atoms with Gasteiger partial charge in [-0.3, -0.25) is 0 Å². The van der Waals surface area contributed by atoms with Gasteiger partial charge in [0.2, 0.25) is 5.89 Å². The van der Waals surface area contributed by atoms with Crippen LogP contribution in [0.1, 0.15) is 11.6 Å². The van der Waals surface area contributed by atoms with E-state index in [1.165, 1.54) is 6.33 Å². The molecule has 2 N–H and O–H groups in total. The lowest BCUT2D eigenvalue weighted by molar-refractivity contribution is 0.489. The van der Waals surface area contributed by atoms with Crippen molar-refractivity contribution < 1.29 is 4.42 Å². The van der Waals surface area contributed by atoms with E-state index in [1.54, 1.807) is 6.20 Å². The summed E-state index contributed by atoms with van der Waals surface area (Å²) < 4.78 is 5.31. The molecule has 7 heteroatoms. The van der Waals surface area contributed by atoms with Crippen LogP contribution >= 0.6 is 0 Å². The largest absolute Gasteiger partial charge is 0.407 e. The van der Waals surface area contributed by atoms with Gasteiger partial charge < -0.3 is 15.1 Å². The van der Waals surface area contributed by atoms with E-state index in [0.717, 1.165) is 5.69 Å². The fourth-order valence-corrected chi connectivity index (χ4v) is 1.14. The van der Waals surface area contributed by atoms with Crippen molar-refractivity contribution in [2.75, 3.05) is 12.4 Å². The zero-order valence-corrected chi connectivity index (χ0v) is 8.84. The average Bonchev–Trinajstić information content (AvgIpc) is 2.76. The van der Waals surface area contributed by atoms with Gasteiger partial charge in [0.1, 0.15) is 6.33 Å². The van der Waals surface area contributed by atoms with E-state index in [-0.39, 0.29) is 0 Å². The highest BCUT2D eigenvalue weighted by Gasteiger charge is 2.04. The predicted octanol–water partition coefficient (Wildman–Crippen LogP) is 0.191. The zero-order valence-electron chi connectivity index (χ0n) is 8.84. The van der Waals surface area contributed by atoms with Crippen molar-refractivity contribution in [1.29, 1.82) is 0 Å². The average molecular weight is 220 g/mol. The summed E-state index contributed by atoms with van der Waals surface area (Å²) in [5.74, 6) is 0.549. The Hall–Kier alpha value is -2.02. The molecule has 0 atom stereocenters. The quantitative estimate of drug-likeness (QED) is 0.743. The van der Waals surface area contributed by atoms with Gasteiger partial charge in [-0.1, -0.05) is 5.10 Å². The highest BCUT2D eigenvalue weighted by molar-refractivity contribution is 5.19. The van der Waals surface area contributed by atoms with Gasteiger partial charge in [0.05, 0.1) is 18.8 Å². The molecule has 0 aromatic carbocycles. The minimum absolute atomic E-state index is 0.392. The Morgan fingerprint density at radius 2 is 2.25 bits per heavy atom. The van der Waals surface area contributed by atoms with Gasteiger partial charge in [-0.2, -0.15) is 0 Å². The van der Waals surface area contributed by atoms with Crippen LogP contribution in [-0.2, 0) is 13.1 Å². The van der Waals surface area contributed by atoms with Crippen molar-refractivity contribution in [2.24, 2.45) is 0 Å². The lowest BCUT2D eigenvalue weighted by Crippen LogP contribution is -2.04. The Balaban J connectivity index is 1.89. The molecule has 7 nitrogen and oxygen atoms in total. The monoisotopic (exact) mass is 220 g/mol. The molecular formula is C9H12N6O. The summed E-state index contributed by atoms with van der Waals surface area (Å²) in [5.41, 5.74) is 0.864. The van der Waals surface area contributed by atoms with Crippen LogP contribution in [0.5, 0.6) is 0 Å². The first kappa shape index (κ1) is 10.5. The Bertz CT molecular complexity index is 429. The van der Waals surface area contributed by atoms with Gasteiger partial charge in [-0.05, 0) is 13.1 Å². The van der Waals surface area contributed by atoms with Crippen molar-refractivity contribution in [1.82, 2.24) is 25.5 Å². The number of rotatable bonds is 5. The second-order valence-electron chi connectivity index (χ2n) is 3.09. The Labute approximate surface area is 92.3 Å². The molecule has 0 saturated heterocycles. The normalized spacial score (nSPS) is 10.3. The van der Waals surface area contributed by atoms with Gasteiger partial charge >= 0.3 is 6.01 Å². The fraction of sp³-hybridized carbons (Fsp3) is 0.333. The molecule has 2 aromatic rings. The summed E-state index contributed by atoms with van der Waals surface area (Å²) >= 11 is 0. The van der Waals surface area contributed by atoms with Crippen molar-refractivity contribution >= 4 is 6.01 Å². The molecule has 0 aliphatic rings. The third-order valence-electron chi connectivity index (χ3n) is 1.86. The molecule has 16 heavy (non-hydrogen) atoms. The lowest BCUT2D eigenvalue weighted by Gasteiger charge is -1.99. The summed E-state index contributed by atoms with van der Waals surface area (Å²) in [5, 5.41) is 13.6. The molecule has 2 heterocycles. The first-order chi connectivity index (χ1) is 7.88. The van der Waals surface area contributed by atoms with E-state index in [2.05, 4.69) is 30.8 Å². The van der Waals surface area contributed by atoms with Gasteiger partial charge in [0.25, 0.3) is 0 Å². The summed E-state index contributed by atoms with van der Waals surface area (Å²) in [6.45, 7) is 1.09. The van der Waals surface area contributed by atoms with Crippen molar-refractivity contribution in [3.63, 3.8) is 0 Å². The molecule has 0 unspecified atom stereocenters. The number of anilines is 1. The first-order valence-corrected chi connectivity index (χ1v) is 4.84. The summed E-state index contributed by atoms with van der Waals surface area (Å²) in [6.07, 6.45) is 3.18. The third kappa shape index (κ3) is 2.74. The maximum Gasteiger partial charge on any atom is 0.315 e. The minimum atomic E-state index is 0.392. The lowest BCUT2D eigenvalue weighted by atomic mass is 10.4. The van der Waals surface area contributed by atoms with Crippen LogP contribution in [0.3, 0.4) is 0 Å². The third-order valence-corrected chi connectivity index (χ3v) is 1.86. The van der Waals surface area contributed by atoms with Gasteiger partial charge in [-0.15, -0.1) is 5.10 Å². The van der Waals surface area contributed by atoms with Gasteiger partial charge in [0.15, 0.2) is 0 Å². The van der Waals surface area contributed by atoms with Crippen molar-refractivity contribution in [3.8, 4) is 0 Å². The Morgan fingerprint density at radius 3 is 3.00 bits per heavy atom. The van der Waals surface area contributed by atoms with E-state index >= 15 is 0 Å². The maximum absolute atomic E-state index is 5.31. The molecule has 0 radical (unpaired) electrons. The SMILES string of the molecule is CNCc1nnc(NCc2ccncn2)o1. The Kier molecular flexibility index (Phi) is 3.39. The predicted molar refractivity (Wildman–Crippen MR) is 56.4 cm³/mol. The highest BCUT2D eigenvalue weighted by Crippen LogP contribution is 2.06. The number of hydrogen-bond donors (Lipinski definition) is 2. The zero-order chi connectivity index (χ0) is 11.2. The maximum atomic E-state index is 5.31. The van der Waals surface area contributed by atoms with E-state index in [1.807, 2.05) is 13.1 Å². The smallest absolute Gasteiger partial charge is 0.315 e.